The minimum Gasteiger partial charge on any atom is -0.379 e. The molecule has 0 bridgehead atoms. The van der Waals surface area contributed by atoms with Gasteiger partial charge in [-0.15, -0.1) is 5.10 Å². The minimum atomic E-state index is -0.256. The van der Waals surface area contributed by atoms with Crippen molar-refractivity contribution in [3.8, 4) is 0 Å². The SMILES string of the molecule is CC1(NC(=O)Cn2cc(CN)nn2)CCOC1. The Hall–Kier alpha value is -1.47. The first kappa shape index (κ1) is 12.0. The number of carbonyl (C=O) groups is 1. The number of aromatic nitrogens is 3. The Kier molecular flexibility index (Phi) is 3.39. The number of carbonyl (C=O) groups excluding carboxylic acids is 1. The molecule has 94 valence electrons. The van der Waals surface area contributed by atoms with Gasteiger partial charge in [0.05, 0.1) is 24.0 Å². The van der Waals surface area contributed by atoms with Gasteiger partial charge in [0, 0.05) is 13.2 Å². The Balaban J connectivity index is 1.88. The summed E-state index contributed by atoms with van der Waals surface area (Å²) in [6.45, 7) is 3.71. The lowest BCUT2D eigenvalue weighted by molar-refractivity contribution is -0.123. The van der Waals surface area contributed by atoms with Crippen LogP contribution in [0.1, 0.15) is 19.0 Å². The molecule has 1 saturated heterocycles. The maximum atomic E-state index is 11.8. The zero-order chi connectivity index (χ0) is 12.3. The maximum absolute atomic E-state index is 11.8. The summed E-state index contributed by atoms with van der Waals surface area (Å²) in [5.74, 6) is -0.0912. The first-order valence-electron chi connectivity index (χ1n) is 5.59. The molecule has 1 atom stereocenters. The van der Waals surface area contributed by atoms with E-state index in [1.54, 1.807) is 6.20 Å². The van der Waals surface area contributed by atoms with Crippen LogP contribution in [0.5, 0.6) is 0 Å². The summed E-state index contributed by atoms with van der Waals surface area (Å²) in [6.07, 6.45) is 2.51. The van der Waals surface area contributed by atoms with Crippen LogP contribution >= 0.6 is 0 Å². The van der Waals surface area contributed by atoms with Crippen molar-refractivity contribution >= 4 is 5.91 Å². The van der Waals surface area contributed by atoms with Gasteiger partial charge in [-0.25, -0.2) is 4.68 Å². The van der Waals surface area contributed by atoms with Gasteiger partial charge in [-0.05, 0) is 13.3 Å². The molecule has 0 radical (unpaired) electrons. The Morgan fingerprint density at radius 2 is 2.59 bits per heavy atom. The highest BCUT2D eigenvalue weighted by Gasteiger charge is 2.31. The predicted molar refractivity (Wildman–Crippen MR) is 59.9 cm³/mol. The molecule has 1 unspecified atom stereocenters. The zero-order valence-corrected chi connectivity index (χ0v) is 9.85. The molecule has 17 heavy (non-hydrogen) atoms. The number of hydrogen-bond acceptors (Lipinski definition) is 5. The summed E-state index contributed by atoms with van der Waals surface area (Å²) in [5.41, 5.74) is 5.83. The van der Waals surface area contributed by atoms with Crippen LogP contribution in [0.2, 0.25) is 0 Å². The number of ether oxygens (including phenoxy) is 1. The van der Waals surface area contributed by atoms with Gasteiger partial charge in [-0.3, -0.25) is 4.79 Å². The monoisotopic (exact) mass is 239 g/mol. The number of nitrogens with one attached hydrogen (secondary N) is 1. The average molecular weight is 239 g/mol. The van der Waals surface area contributed by atoms with Crippen molar-refractivity contribution in [3.63, 3.8) is 0 Å². The molecule has 0 aliphatic carbocycles. The fourth-order valence-corrected chi connectivity index (χ4v) is 1.80. The number of nitrogens with zero attached hydrogens (tertiary/aromatic N) is 3. The van der Waals surface area contributed by atoms with Gasteiger partial charge in [0.1, 0.15) is 6.54 Å². The highest BCUT2D eigenvalue weighted by Crippen LogP contribution is 2.17. The van der Waals surface area contributed by atoms with Crippen molar-refractivity contribution in [1.82, 2.24) is 20.3 Å². The number of rotatable bonds is 4. The second-order valence-corrected chi connectivity index (χ2v) is 4.52. The van der Waals surface area contributed by atoms with Crippen LogP contribution in [0.15, 0.2) is 6.20 Å². The first-order valence-corrected chi connectivity index (χ1v) is 5.59. The molecular weight excluding hydrogens is 222 g/mol. The van der Waals surface area contributed by atoms with E-state index in [2.05, 4.69) is 15.6 Å². The number of amides is 1. The quantitative estimate of drug-likeness (QED) is 0.705. The molecule has 1 amide bonds. The molecular formula is C10H17N5O2. The Morgan fingerprint density at radius 1 is 1.76 bits per heavy atom. The summed E-state index contributed by atoms with van der Waals surface area (Å²) in [7, 11) is 0. The third-order valence-corrected chi connectivity index (χ3v) is 2.76. The maximum Gasteiger partial charge on any atom is 0.242 e. The zero-order valence-electron chi connectivity index (χ0n) is 9.85. The van der Waals surface area contributed by atoms with Crippen LogP contribution in [0.4, 0.5) is 0 Å². The topological polar surface area (TPSA) is 95.1 Å². The van der Waals surface area contributed by atoms with Crippen molar-refractivity contribution in [1.29, 1.82) is 0 Å². The molecule has 1 fully saturated rings. The van der Waals surface area contributed by atoms with Crippen molar-refractivity contribution in [2.24, 2.45) is 5.73 Å². The standard InChI is InChI=1S/C10H17N5O2/c1-10(2-3-17-7-10)12-9(16)6-15-5-8(4-11)13-14-15/h5H,2-4,6-7,11H2,1H3,(H,12,16). The van der Waals surface area contributed by atoms with Crippen LogP contribution in [-0.2, 0) is 22.6 Å². The second kappa shape index (κ2) is 4.80. The lowest BCUT2D eigenvalue weighted by Crippen LogP contribution is -2.47. The van der Waals surface area contributed by atoms with E-state index >= 15 is 0 Å². The number of nitrogens with two attached hydrogens (primary N) is 1. The van der Waals surface area contributed by atoms with E-state index in [4.69, 9.17) is 10.5 Å². The summed E-state index contributed by atoms with van der Waals surface area (Å²) >= 11 is 0. The molecule has 7 nitrogen and oxygen atoms in total. The van der Waals surface area contributed by atoms with Crippen LogP contribution in [-0.4, -0.2) is 39.7 Å². The Labute approximate surface area is 99.3 Å². The van der Waals surface area contributed by atoms with Crippen LogP contribution in [0.25, 0.3) is 0 Å². The summed E-state index contributed by atoms with van der Waals surface area (Å²) < 4.78 is 6.75. The molecule has 3 N–H and O–H groups in total. The van der Waals surface area contributed by atoms with Gasteiger partial charge in [0.15, 0.2) is 0 Å². The lowest BCUT2D eigenvalue weighted by atomic mass is 10.0. The van der Waals surface area contributed by atoms with Gasteiger partial charge in [0.2, 0.25) is 5.91 Å². The van der Waals surface area contributed by atoms with Crippen LogP contribution in [0, 0.1) is 0 Å². The molecule has 1 aromatic heterocycles. The minimum absolute atomic E-state index is 0.0912. The fraction of sp³-hybridized carbons (Fsp3) is 0.700. The highest BCUT2D eigenvalue weighted by molar-refractivity contribution is 5.76. The summed E-state index contributed by atoms with van der Waals surface area (Å²) in [6, 6.07) is 0. The molecule has 0 saturated carbocycles. The highest BCUT2D eigenvalue weighted by atomic mass is 16.5. The summed E-state index contributed by atoms with van der Waals surface area (Å²) in [4.78, 5) is 11.8. The third kappa shape index (κ3) is 3.01. The fourth-order valence-electron chi connectivity index (χ4n) is 1.80. The van der Waals surface area contributed by atoms with Gasteiger partial charge < -0.3 is 15.8 Å². The van der Waals surface area contributed by atoms with E-state index in [0.29, 0.717) is 25.5 Å². The van der Waals surface area contributed by atoms with E-state index in [-0.39, 0.29) is 18.0 Å². The van der Waals surface area contributed by atoms with Crippen molar-refractivity contribution < 1.29 is 9.53 Å². The van der Waals surface area contributed by atoms with E-state index in [1.165, 1.54) is 4.68 Å². The van der Waals surface area contributed by atoms with Crippen molar-refractivity contribution in [2.75, 3.05) is 13.2 Å². The van der Waals surface area contributed by atoms with Crippen LogP contribution in [0.3, 0.4) is 0 Å². The van der Waals surface area contributed by atoms with Crippen LogP contribution < -0.4 is 11.1 Å². The van der Waals surface area contributed by atoms with E-state index in [0.717, 1.165) is 6.42 Å². The third-order valence-electron chi connectivity index (χ3n) is 2.76. The molecule has 1 aliphatic rings. The molecule has 1 aliphatic heterocycles. The lowest BCUT2D eigenvalue weighted by Gasteiger charge is -2.23. The molecule has 7 heteroatoms. The average Bonchev–Trinajstić information content (AvgIpc) is 2.87. The Bertz CT molecular complexity index is 397. The molecule has 0 spiro atoms. The smallest absolute Gasteiger partial charge is 0.242 e. The predicted octanol–water partition coefficient (Wildman–Crippen LogP) is -0.968. The molecule has 2 rings (SSSR count). The van der Waals surface area contributed by atoms with E-state index < -0.39 is 0 Å². The van der Waals surface area contributed by atoms with Crippen molar-refractivity contribution in [2.45, 2.75) is 32.0 Å². The first-order chi connectivity index (χ1) is 8.11. The second-order valence-electron chi connectivity index (χ2n) is 4.52. The van der Waals surface area contributed by atoms with Gasteiger partial charge in [-0.1, -0.05) is 5.21 Å². The number of hydrogen-bond donors (Lipinski definition) is 2. The van der Waals surface area contributed by atoms with E-state index in [1.807, 2.05) is 6.92 Å². The van der Waals surface area contributed by atoms with Gasteiger partial charge in [0.25, 0.3) is 0 Å². The molecule has 1 aromatic rings. The van der Waals surface area contributed by atoms with Gasteiger partial charge >= 0.3 is 0 Å². The summed E-state index contributed by atoms with van der Waals surface area (Å²) in [5, 5.41) is 10.6. The largest absolute Gasteiger partial charge is 0.379 e. The van der Waals surface area contributed by atoms with E-state index in [9.17, 15) is 4.79 Å². The van der Waals surface area contributed by atoms with Gasteiger partial charge in [-0.2, -0.15) is 0 Å². The molecule has 0 aromatic carbocycles. The molecule has 2 heterocycles. The van der Waals surface area contributed by atoms with Crippen molar-refractivity contribution in [3.05, 3.63) is 11.9 Å². The Morgan fingerprint density at radius 3 is 3.18 bits per heavy atom. The normalized spacial score (nSPS) is 23.9.